The first-order chi connectivity index (χ1) is 15.7. The molecular weight excluding hydrogens is 416 g/mol. The Morgan fingerprint density at radius 2 is 1.94 bits per heavy atom. The van der Waals surface area contributed by atoms with Gasteiger partial charge in [0.15, 0.2) is 5.82 Å². The van der Waals surface area contributed by atoms with Crippen molar-refractivity contribution in [3.05, 3.63) is 46.0 Å². The van der Waals surface area contributed by atoms with Crippen molar-refractivity contribution in [2.24, 2.45) is 5.92 Å². The van der Waals surface area contributed by atoms with Gasteiger partial charge < -0.3 is 9.72 Å². The molecule has 0 saturated heterocycles. The number of pyridine rings is 1. The number of methoxy groups -OCH3 is 1. The normalized spacial score (nSPS) is 16.2. The maximum Gasteiger partial charge on any atom is 0.252 e. The zero-order valence-electron chi connectivity index (χ0n) is 20.6. The summed E-state index contributed by atoms with van der Waals surface area (Å²) in [6, 6.07) is 8.20. The number of fused-ring (bicyclic) bond motifs is 1. The van der Waals surface area contributed by atoms with E-state index in [9.17, 15) is 4.79 Å². The Balaban J connectivity index is 1.77. The lowest BCUT2D eigenvalue weighted by Gasteiger charge is -2.39. The monoisotopic (exact) mass is 452 g/mol. The Labute approximate surface area is 195 Å². The SMILES string of the molecule is COc1ccc2cc(CN(C3CCCC3)[C@@H](c3nnnn3C(C)(C)C)C(C)C)c(=O)[nH]c2c1. The van der Waals surface area contributed by atoms with Gasteiger partial charge in [0.1, 0.15) is 5.75 Å². The highest BCUT2D eigenvalue weighted by molar-refractivity contribution is 5.80. The molecule has 178 valence electrons. The van der Waals surface area contributed by atoms with Crippen molar-refractivity contribution in [2.75, 3.05) is 7.11 Å². The molecule has 1 fully saturated rings. The lowest BCUT2D eigenvalue weighted by molar-refractivity contribution is 0.0802. The zero-order valence-corrected chi connectivity index (χ0v) is 20.6. The van der Waals surface area contributed by atoms with Gasteiger partial charge in [0.05, 0.1) is 24.2 Å². The van der Waals surface area contributed by atoms with Crippen LogP contribution in [-0.4, -0.2) is 43.2 Å². The molecule has 3 aromatic rings. The Morgan fingerprint density at radius 1 is 1.21 bits per heavy atom. The summed E-state index contributed by atoms with van der Waals surface area (Å²) in [6.45, 7) is 11.3. The second-order valence-electron chi connectivity index (χ2n) is 10.5. The molecule has 1 atom stereocenters. The molecule has 1 saturated carbocycles. The van der Waals surface area contributed by atoms with Crippen LogP contribution in [0.4, 0.5) is 0 Å². The maximum absolute atomic E-state index is 13.1. The molecule has 0 amide bonds. The second-order valence-corrected chi connectivity index (χ2v) is 10.5. The van der Waals surface area contributed by atoms with Crippen LogP contribution < -0.4 is 10.3 Å². The molecule has 0 bridgehead atoms. The number of rotatable bonds is 7. The van der Waals surface area contributed by atoms with Gasteiger partial charge in [-0.15, -0.1) is 5.10 Å². The summed E-state index contributed by atoms with van der Waals surface area (Å²) in [5, 5.41) is 13.9. The van der Waals surface area contributed by atoms with Crippen molar-refractivity contribution < 1.29 is 4.74 Å². The molecule has 33 heavy (non-hydrogen) atoms. The molecule has 1 aromatic carbocycles. The number of nitrogens with zero attached hydrogens (tertiary/aromatic N) is 5. The molecule has 0 radical (unpaired) electrons. The van der Waals surface area contributed by atoms with Crippen LogP contribution in [0.15, 0.2) is 29.1 Å². The topological polar surface area (TPSA) is 88.9 Å². The van der Waals surface area contributed by atoms with Gasteiger partial charge >= 0.3 is 0 Å². The third-order valence-corrected chi connectivity index (χ3v) is 6.66. The predicted octanol–water partition coefficient (Wildman–Crippen LogP) is 4.42. The van der Waals surface area contributed by atoms with Gasteiger partial charge in [0.2, 0.25) is 0 Å². The van der Waals surface area contributed by atoms with Crippen molar-refractivity contribution in [1.29, 1.82) is 0 Å². The third kappa shape index (κ3) is 4.81. The van der Waals surface area contributed by atoms with Gasteiger partial charge in [-0.05, 0) is 73.5 Å². The molecule has 2 aromatic heterocycles. The number of hydrogen-bond acceptors (Lipinski definition) is 6. The summed E-state index contributed by atoms with van der Waals surface area (Å²) in [5.41, 5.74) is 1.26. The van der Waals surface area contributed by atoms with Crippen LogP contribution in [0.3, 0.4) is 0 Å². The fourth-order valence-electron chi connectivity index (χ4n) is 5.04. The minimum Gasteiger partial charge on any atom is -0.497 e. The van der Waals surface area contributed by atoms with Crippen molar-refractivity contribution >= 4 is 10.9 Å². The maximum atomic E-state index is 13.1. The summed E-state index contributed by atoms with van der Waals surface area (Å²) in [6.07, 6.45) is 4.68. The van der Waals surface area contributed by atoms with Gasteiger partial charge in [0, 0.05) is 24.2 Å². The van der Waals surface area contributed by atoms with Crippen LogP contribution in [0.1, 0.15) is 77.7 Å². The van der Waals surface area contributed by atoms with Crippen LogP contribution >= 0.6 is 0 Å². The smallest absolute Gasteiger partial charge is 0.252 e. The van der Waals surface area contributed by atoms with E-state index in [0.717, 1.165) is 40.9 Å². The number of tetrazole rings is 1. The molecule has 0 unspecified atom stereocenters. The molecular formula is C25H36N6O2. The molecule has 2 heterocycles. The summed E-state index contributed by atoms with van der Waals surface area (Å²) in [5.74, 6) is 1.88. The zero-order chi connectivity index (χ0) is 23.8. The Morgan fingerprint density at radius 3 is 2.58 bits per heavy atom. The predicted molar refractivity (Wildman–Crippen MR) is 129 cm³/mol. The average Bonchev–Trinajstić information content (AvgIpc) is 3.45. The first kappa shape index (κ1) is 23.4. The Bertz CT molecular complexity index is 1150. The van der Waals surface area contributed by atoms with E-state index in [1.54, 1.807) is 7.11 Å². The van der Waals surface area contributed by atoms with Crippen LogP contribution in [0, 0.1) is 5.92 Å². The number of H-pyrrole nitrogens is 1. The summed E-state index contributed by atoms with van der Waals surface area (Å²) in [7, 11) is 1.63. The highest BCUT2D eigenvalue weighted by Crippen LogP contribution is 2.37. The molecule has 0 spiro atoms. The third-order valence-electron chi connectivity index (χ3n) is 6.66. The van der Waals surface area contributed by atoms with E-state index in [2.05, 4.69) is 60.0 Å². The fourth-order valence-corrected chi connectivity index (χ4v) is 5.04. The van der Waals surface area contributed by atoms with E-state index in [1.165, 1.54) is 12.8 Å². The van der Waals surface area contributed by atoms with E-state index < -0.39 is 0 Å². The number of aromatic amines is 1. The van der Waals surface area contributed by atoms with Crippen molar-refractivity contribution in [3.8, 4) is 5.75 Å². The standard InChI is InChI=1S/C25H36N6O2/c1-16(2)22(23-27-28-29-31(23)25(3,4)5)30(19-9-7-8-10-19)15-18-13-17-11-12-20(33-6)14-21(17)26-24(18)32/h11-14,16,19,22H,7-10,15H2,1-6H3,(H,26,32)/t22-/m1/s1. The molecule has 1 N–H and O–H groups in total. The largest absolute Gasteiger partial charge is 0.497 e. The average molecular weight is 453 g/mol. The molecule has 1 aliphatic rings. The minimum absolute atomic E-state index is 0.00768. The van der Waals surface area contributed by atoms with Crippen LogP contribution in [-0.2, 0) is 12.1 Å². The van der Waals surface area contributed by atoms with E-state index >= 15 is 0 Å². The molecule has 1 aliphatic carbocycles. The number of aromatic nitrogens is 5. The lowest BCUT2D eigenvalue weighted by Crippen LogP contribution is -2.42. The first-order valence-corrected chi connectivity index (χ1v) is 11.9. The number of ether oxygens (including phenoxy) is 1. The van der Waals surface area contributed by atoms with Crippen LogP contribution in [0.25, 0.3) is 10.9 Å². The quantitative estimate of drug-likeness (QED) is 0.571. The highest BCUT2D eigenvalue weighted by Gasteiger charge is 2.37. The number of hydrogen-bond donors (Lipinski definition) is 1. The molecule has 8 nitrogen and oxygen atoms in total. The summed E-state index contributed by atoms with van der Waals surface area (Å²) in [4.78, 5) is 18.7. The van der Waals surface area contributed by atoms with E-state index in [4.69, 9.17) is 4.74 Å². The van der Waals surface area contributed by atoms with Gasteiger partial charge in [-0.25, -0.2) is 4.68 Å². The van der Waals surface area contributed by atoms with Gasteiger partial charge in [0.25, 0.3) is 5.56 Å². The second kappa shape index (κ2) is 9.25. The molecule has 8 heteroatoms. The number of nitrogens with one attached hydrogen (secondary N) is 1. The van der Waals surface area contributed by atoms with Crippen LogP contribution in [0.5, 0.6) is 5.75 Å². The van der Waals surface area contributed by atoms with E-state index in [1.807, 2.05) is 28.9 Å². The van der Waals surface area contributed by atoms with E-state index in [0.29, 0.717) is 12.6 Å². The van der Waals surface area contributed by atoms with Crippen molar-refractivity contribution in [2.45, 2.75) is 84.5 Å². The summed E-state index contributed by atoms with van der Waals surface area (Å²) < 4.78 is 7.25. The van der Waals surface area contributed by atoms with Gasteiger partial charge in [-0.3, -0.25) is 9.69 Å². The minimum atomic E-state index is -0.229. The lowest BCUT2D eigenvalue weighted by atomic mass is 9.96. The molecule has 0 aliphatic heterocycles. The van der Waals surface area contributed by atoms with Crippen molar-refractivity contribution in [1.82, 2.24) is 30.1 Å². The number of benzene rings is 1. The van der Waals surface area contributed by atoms with Gasteiger partial charge in [-0.1, -0.05) is 26.7 Å². The molecule has 4 rings (SSSR count). The Hall–Kier alpha value is -2.74. The highest BCUT2D eigenvalue weighted by atomic mass is 16.5. The first-order valence-electron chi connectivity index (χ1n) is 11.9. The Kier molecular flexibility index (Phi) is 6.56. The van der Waals surface area contributed by atoms with Crippen LogP contribution in [0.2, 0.25) is 0 Å². The van der Waals surface area contributed by atoms with E-state index in [-0.39, 0.29) is 23.1 Å². The fraction of sp³-hybridized carbons (Fsp3) is 0.600. The van der Waals surface area contributed by atoms with Gasteiger partial charge in [-0.2, -0.15) is 0 Å². The van der Waals surface area contributed by atoms with Crippen molar-refractivity contribution in [3.63, 3.8) is 0 Å². The summed E-state index contributed by atoms with van der Waals surface area (Å²) >= 11 is 0.